The van der Waals surface area contributed by atoms with Crippen molar-refractivity contribution in [3.63, 3.8) is 0 Å². The lowest BCUT2D eigenvalue weighted by Crippen LogP contribution is -2.50. The van der Waals surface area contributed by atoms with Crippen LogP contribution in [0.3, 0.4) is 0 Å². The fourth-order valence-electron chi connectivity index (χ4n) is 4.17. The molecule has 0 saturated heterocycles. The first kappa shape index (κ1) is 24.5. The second-order valence-corrected chi connectivity index (χ2v) is 8.87. The van der Waals surface area contributed by atoms with E-state index in [0.29, 0.717) is 19.5 Å². The summed E-state index contributed by atoms with van der Waals surface area (Å²) in [6, 6.07) is 3.69. The predicted octanol–water partition coefficient (Wildman–Crippen LogP) is 3.66. The quantitative estimate of drug-likeness (QED) is 0.279. The van der Waals surface area contributed by atoms with Gasteiger partial charge in [-0.3, -0.25) is 14.2 Å². The number of unbranched alkanes of at least 4 members (excludes halogenated alkanes) is 3. The number of hydrogen-bond acceptors (Lipinski definition) is 4. The normalized spacial score (nSPS) is 16.4. The highest BCUT2D eigenvalue weighted by Gasteiger charge is 2.39. The first-order valence-corrected chi connectivity index (χ1v) is 12.0. The molecule has 1 amide bonds. The summed E-state index contributed by atoms with van der Waals surface area (Å²) in [5, 5.41) is 2.85. The van der Waals surface area contributed by atoms with Gasteiger partial charge in [0, 0.05) is 37.1 Å². The van der Waals surface area contributed by atoms with E-state index < -0.39 is 23.1 Å². The summed E-state index contributed by atoms with van der Waals surface area (Å²) in [6.07, 6.45) is 14.8. The van der Waals surface area contributed by atoms with E-state index in [1.807, 2.05) is 12.1 Å². The predicted molar refractivity (Wildman–Crippen MR) is 118 cm³/mol. The second kappa shape index (κ2) is 13.5. The van der Waals surface area contributed by atoms with Gasteiger partial charge in [0.15, 0.2) is 0 Å². The van der Waals surface area contributed by atoms with E-state index in [2.05, 4.69) is 10.3 Å². The van der Waals surface area contributed by atoms with Crippen LogP contribution in [0.5, 0.6) is 0 Å². The summed E-state index contributed by atoms with van der Waals surface area (Å²) in [5.41, 5.74) is 0.356. The van der Waals surface area contributed by atoms with Crippen molar-refractivity contribution in [1.29, 1.82) is 0 Å². The van der Waals surface area contributed by atoms with Crippen LogP contribution in [-0.4, -0.2) is 48.9 Å². The maximum atomic E-state index is 13.1. The number of pyridine rings is 1. The Hall–Kier alpha value is -1.80. The summed E-state index contributed by atoms with van der Waals surface area (Å²) in [5.74, 6) is -0.140. The van der Waals surface area contributed by atoms with Crippen molar-refractivity contribution >= 4 is 22.9 Å². The van der Waals surface area contributed by atoms with Gasteiger partial charge in [-0.1, -0.05) is 38.2 Å². The first-order valence-electron chi connectivity index (χ1n) is 10.9. The van der Waals surface area contributed by atoms with Gasteiger partial charge in [0.05, 0.1) is 6.67 Å². The van der Waals surface area contributed by atoms with Gasteiger partial charge in [0.1, 0.15) is 0 Å². The largest absolute Gasteiger partial charge is 0.353 e. The summed E-state index contributed by atoms with van der Waals surface area (Å²) in [7, 11) is -2.71. The lowest BCUT2D eigenvalue weighted by Gasteiger charge is -2.43. The maximum absolute atomic E-state index is 13.1. The average Bonchev–Trinajstić information content (AvgIpc) is 2.75. The monoisotopic (exact) mass is 439 g/mol. The zero-order valence-corrected chi connectivity index (χ0v) is 18.5. The lowest BCUT2D eigenvalue weighted by molar-refractivity contribution is -0.116. The highest BCUT2D eigenvalue weighted by atomic mass is 32.2. The van der Waals surface area contributed by atoms with Crippen molar-refractivity contribution < 1.29 is 17.6 Å². The minimum atomic E-state index is -2.71. The van der Waals surface area contributed by atoms with Crippen LogP contribution in [0.2, 0.25) is 0 Å². The molecule has 6 nitrogen and oxygen atoms in total. The molecule has 0 unspecified atom stereocenters. The Kier molecular flexibility index (Phi) is 11.0. The third-order valence-corrected chi connectivity index (χ3v) is 6.81. The molecule has 2 rings (SSSR count). The Morgan fingerprint density at radius 2 is 1.97 bits per heavy atom. The SMILES string of the molecule is O=C(/C=C/c1cccnc1)NCCCCCCN([SH](=O)=O)C1(CCF)CCCCC1. The number of halogens is 1. The molecule has 1 fully saturated rings. The van der Waals surface area contributed by atoms with Gasteiger partial charge in [-0.25, -0.2) is 8.42 Å². The molecule has 30 heavy (non-hydrogen) atoms. The van der Waals surface area contributed by atoms with Gasteiger partial charge in [-0.2, -0.15) is 4.31 Å². The van der Waals surface area contributed by atoms with Gasteiger partial charge in [-0.15, -0.1) is 0 Å². The Balaban J connectivity index is 1.65. The van der Waals surface area contributed by atoms with Crippen LogP contribution in [0.25, 0.3) is 6.08 Å². The fourth-order valence-corrected chi connectivity index (χ4v) is 5.12. The highest BCUT2D eigenvalue weighted by Crippen LogP contribution is 2.37. The molecule has 1 aromatic rings. The molecule has 1 saturated carbocycles. The number of hydrogen-bond donors (Lipinski definition) is 2. The molecule has 0 aliphatic heterocycles. The van der Waals surface area contributed by atoms with Crippen molar-refractivity contribution in [2.75, 3.05) is 19.8 Å². The number of thiol groups is 1. The summed E-state index contributed by atoms with van der Waals surface area (Å²) in [6.45, 7) is 0.565. The van der Waals surface area contributed by atoms with Crippen molar-refractivity contribution in [3.05, 3.63) is 36.2 Å². The molecule has 0 spiro atoms. The lowest BCUT2D eigenvalue weighted by atomic mass is 9.79. The van der Waals surface area contributed by atoms with Gasteiger partial charge in [0.25, 0.3) is 0 Å². The number of carbonyl (C=O) groups is 1. The van der Waals surface area contributed by atoms with Crippen LogP contribution in [0.4, 0.5) is 4.39 Å². The number of aromatic nitrogens is 1. The van der Waals surface area contributed by atoms with E-state index in [1.165, 1.54) is 6.08 Å². The molecule has 8 heteroatoms. The minimum absolute atomic E-state index is 0.140. The molecular formula is C22H34FN3O3S. The zero-order chi connectivity index (χ0) is 21.7. The summed E-state index contributed by atoms with van der Waals surface area (Å²) < 4.78 is 38.4. The number of amides is 1. The van der Waals surface area contributed by atoms with Crippen LogP contribution in [-0.2, 0) is 15.7 Å². The number of nitrogens with one attached hydrogen (secondary N) is 1. The van der Waals surface area contributed by atoms with E-state index in [9.17, 15) is 17.6 Å². The van der Waals surface area contributed by atoms with E-state index in [0.717, 1.165) is 63.4 Å². The smallest absolute Gasteiger partial charge is 0.243 e. The average molecular weight is 440 g/mol. The highest BCUT2D eigenvalue weighted by molar-refractivity contribution is 7.69. The second-order valence-electron chi connectivity index (χ2n) is 7.91. The molecule has 1 heterocycles. The van der Waals surface area contributed by atoms with Crippen LogP contribution < -0.4 is 5.32 Å². The van der Waals surface area contributed by atoms with Crippen molar-refractivity contribution in [3.8, 4) is 0 Å². The number of carbonyl (C=O) groups excluding carboxylic acids is 1. The summed E-state index contributed by atoms with van der Waals surface area (Å²) in [4.78, 5) is 15.8. The third kappa shape index (κ3) is 8.14. The van der Waals surface area contributed by atoms with Crippen LogP contribution in [0.15, 0.2) is 30.6 Å². The van der Waals surface area contributed by atoms with E-state index in [-0.39, 0.29) is 5.91 Å². The standard InChI is InChI=1S/C22H34FN3O3S/c23-15-14-22(12-4-3-5-13-22)26(30(28)29)18-7-2-1-6-17-25-21(27)11-10-20-9-8-16-24-19-20/h8-11,16,19,30H,1-7,12-15,17-18H2,(H,25,27)/b11-10+. The van der Waals surface area contributed by atoms with E-state index in [4.69, 9.17) is 0 Å². The van der Waals surface area contributed by atoms with Crippen LogP contribution in [0.1, 0.15) is 69.8 Å². The molecular weight excluding hydrogens is 405 g/mol. The molecule has 1 aromatic heterocycles. The molecule has 1 aliphatic rings. The molecule has 0 atom stereocenters. The van der Waals surface area contributed by atoms with Crippen LogP contribution >= 0.6 is 0 Å². The van der Waals surface area contributed by atoms with Crippen molar-refractivity contribution in [1.82, 2.24) is 14.6 Å². The van der Waals surface area contributed by atoms with Gasteiger partial charge in [-0.05, 0) is 49.8 Å². The number of nitrogens with zero attached hydrogens (tertiary/aromatic N) is 2. The molecule has 168 valence electrons. The van der Waals surface area contributed by atoms with E-state index >= 15 is 0 Å². The fraction of sp³-hybridized carbons (Fsp3) is 0.636. The van der Waals surface area contributed by atoms with Gasteiger partial charge in [0.2, 0.25) is 16.8 Å². The number of rotatable bonds is 13. The molecule has 1 aliphatic carbocycles. The Labute approximate surface area is 181 Å². The van der Waals surface area contributed by atoms with Crippen LogP contribution in [0, 0.1) is 0 Å². The van der Waals surface area contributed by atoms with Crippen molar-refractivity contribution in [2.45, 2.75) is 69.7 Å². The van der Waals surface area contributed by atoms with Gasteiger partial charge >= 0.3 is 0 Å². The molecule has 0 aromatic carbocycles. The topological polar surface area (TPSA) is 79.4 Å². The zero-order valence-electron chi connectivity index (χ0n) is 17.6. The molecule has 0 radical (unpaired) electrons. The van der Waals surface area contributed by atoms with Gasteiger partial charge < -0.3 is 5.32 Å². The Bertz CT molecular complexity index is 721. The molecule has 1 N–H and O–H groups in total. The number of alkyl halides is 1. The van der Waals surface area contributed by atoms with E-state index in [1.54, 1.807) is 22.8 Å². The van der Waals surface area contributed by atoms with Crippen molar-refractivity contribution in [2.24, 2.45) is 0 Å². The third-order valence-electron chi connectivity index (χ3n) is 5.80. The summed E-state index contributed by atoms with van der Waals surface area (Å²) >= 11 is 0. The first-order chi connectivity index (χ1) is 14.6. The molecule has 0 bridgehead atoms. The maximum Gasteiger partial charge on any atom is 0.243 e. The minimum Gasteiger partial charge on any atom is -0.353 e. The Morgan fingerprint density at radius 3 is 2.63 bits per heavy atom. The Morgan fingerprint density at radius 1 is 1.20 bits per heavy atom.